The highest BCUT2D eigenvalue weighted by atomic mass is 35.5. The van der Waals surface area contributed by atoms with Crippen molar-refractivity contribution >= 4 is 46.1 Å². The predicted molar refractivity (Wildman–Crippen MR) is 134 cm³/mol. The largest absolute Gasteiger partial charge is 0.491 e. The molecule has 1 aromatic heterocycles. The standard InChI is InChI=1S/C25H26ClN3O3S/c1-17(2)32-20-8-5-18(6-9-20)24(30)27-19-7-10-22(21(26)16-19)28-11-13-29(14-12-28)25(31)23-4-3-15-33-23/h3-10,15-17H,11-14H2,1-2H3,(H,27,30). The Hall–Kier alpha value is -3.03. The summed E-state index contributed by atoms with van der Waals surface area (Å²) >= 11 is 8.02. The van der Waals surface area contributed by atoms with Crippen LogP contribution in [0.5, 0.6) is 5.75 Å². The first-order valence-electron chi connectivity index (χ1n) is 10.9. The molecule has 4 rings (SSSR count). The van der Waals surface area contributed by atoms with Crippen molar-refractivity contribution in [1.82, 2.24) is 4.90 Å². The zero-order chi connectivity index (χ0) is 23.4. The van der Waals surface area contributed by atoms with Gasteiger partial charge >= 0.3 is 0 Å². The van der Waals surface area contributed by atoms with Crippen molar-refractivity contribution in [2.45, 2.75) is 20.0 Å². The summed E-state index contributed by atoms with van der Waals surface area (Å²) in [5.41, 5.74) is 2.06. The topological polar surface area (TPSA) is 61.9 Å². The summed E-state index contributed by atoms with van der Waals surface area (Å²) in [4.78, 5) is 30.0. The smallest absolute Gasteiger partial charge is 0.264 e. The number of rotatable bonds is 6. The second-order valence-corrected chi connectivity index (χ2v) is 9.42. The zero-order valence-electron chi connectivity index (χ0n) is 18.6. The number of piperazine rings is 1. The molecule has 0 radical (unpaired) electrons. The molecule has 1 saturated heterocycles. The molecule has 1 aliphatic rings. The molecule has 0 saturated carbocycles. The van der Waals surface area contributed by atoms with E-state index in [0.717, 1.165) is 16.3 Å². The van der Waals surface area contributed by atoms with Gasteiger partial charge in [-0.15, -0.1) is 11.3 Å². The molecule has 2 heterocycles. The first-order chi connectivity index (χ1) is 15.9. The fourth-order valence-corrected chi connectivity index (χ4v) is 4.70. The van der Waals surface area contributed by atoms with Gasteiger partial charge in [-0.2, -0.15) is 0 Å². The molecule has 0 atom stereocenters. The lowest BCUT2D eigenvalue weighted by molar-refractivity contribution is 0.0751. The third-order valence-electron chi connectivity index (χ3n) is 5.33. The van der Waals surface area contributed by atoms with E-state index < -0.39 is 0 Å². The summed E-state index contributed by atoms with van der Waals surface area (Å²) < 4.78 is 5.62. The SMILES string of the molecule is CC(C)Oc1ccc(C(=O)Nc2ccc(N3CCN(C(=O)c4cccs4)CC3)c(Cl)c2)cc1. The third-order valence-corrected chi connectivity index (χ3v) is 6.49. The Morgan fingerprint density at radius 1 is 1.03 bits per heavy atom. The van der Waals surface area contributed by atoms with E-state index in [-0.39, 0.29) is 17.9 Å². The Morgan fingerprint density at radius 2 is 1.76 bits per heavy atom. The van der Waals surface area contributed by atoms with Crippen molar-refractivity contribution in [2.24, 2.45) is 0 Å². The van der Waals surface area contributed by atoms with Gasteiger partial charge in [-0.1, -0.05) is 17.7 Å². The number of nitrogens with one attached hydrogen (secondary N) is 1. The van der Waals surface area contributed by atoms with E-state index in [9.17, 15) is 9.59 Å². The van der Waals surface area contributed by atoms with Crippen molar-refractivity contribution in [3.63, 3.8) is 0 Å². The van der Waals surface area contributed by atoms with E-state index >= 15 is 0 Å². The Bertz CT molecular complexity index is 1110. The van der Waals surface area contributed by atoms with Crippen LogP contribution < -0.4 is 15.0 Å². The summed E-state index contributed by atoms with van der Waals surface area (Å²) in [5, 5.41) is 5.37. The molecule has 172 valence electrons. The second kappa shape index (κ2) is 10.3. The van der Waals surface area contributed by atoms with Crippen LogP contribution in [0.15, 0.2) is 60.0 Å². The fourth-order valence-electron chi connectivity index (χ4n) is 3.71. The van der Waals surface area contributed by atoms with Gasteiger partial charge < -0.3 is 19.9 Å². The lowest BCUT2D eigenvalue weighted by atomic mass is 10.2. The summed E-state index contributed by atoms with van der Waals surface area (Å²) in [6.07, 6.45) is 0.0785. The molecular formula is C25H26ClN3O3S. The molecule has 0 bridgehead atoms. The van der Waals surface area contributed by atoms with Crippen LogP contribution >= 0.6 is 22.9 Å². The highest BCUT2D eigenvalue weighted by molar-refractivity contribution is 7.12. The Balaban J connectivity index is 1.35. The molecule has 2 amide bonds. The maximum Gasteiger partial charge on any atom is 0.264 e. The van der Waals surface area contributed by atoms with Crippen LogP contribution in [-0.4, -0.2) is 49.0 Å². The Kier molecular flexibility index (Phi) is 7.20. The van der Waals surface area contributed by atoms with Crippen molar-refractivity contribution < 1.29 is 14.3 Å². The summed E-state index contributed by atoms with van der Waals surface area (Å²) in [6.45, 7) is 6.60. The predicted octanol–water partition coefficient (Wildman–Crippen LogP) is 5.40. The van der Waals surface area contributed by atoms with Gasteiger partial charge in [0.1, 0.15) is 5.75 Å². The minimum atomic E-state index is -0.212. The van der Waals surface area contributed by atoms with Crippen LogP contribution in [0.3, 0.4) is 0 Å². The number of halogens is 1. The average molecular weight is 484 g/mol. The molecule has 6 nitrogen and oxygen atoms in total. The number of ether oxygens (including phenoxy) is 1. The minimum Gasteiger partial charge on any atom is -0.491 e. The van der Waals surface area contributed by atoms with Crippen LogP contribution in [-0.2, 0) is 0 Å². The van der Waals surface area contributed by atoms with Gasteiger partial charge in [-0.25, -0.2) is 0 Å². The summed E-state index contributed by atoms with van der Waals surface area (Å²) in [5.74, 6) is 0.597. The lowest BCUT2D eigenvalue weighted by Crippen LogP contribution is -2.48. The first-order valence-corrected chi connectivity index (χ1v) is 12.1. The van der Waals surface area contributed by atoms with Gasteiger partial charge in [-0.3, -0.25) is 9.59 Å². The quantitative estimate of drug-likeness (QED) is 0.509. The zero-order valence-corrected chi connectivity index (χ0v) is 20.2. The Labute approximate surface area is 202 Å². The molecule has 2 aromatic carbocycles. The van der Waals surface area contributed by atoms with Gasteiger partial charge in [0.15, 0.2) is 0 Å². The minimum absolute atomic E-state index is 0.0785. The number of amides is 2. The number of thiophene rings is 1. The van der Waals surface area contributed by atoms with E-state index in [0.29, 0.717) is 42.5 Å². The van der Waals surface area contributed by atoms with E-state index in [1.54, 1.807) is 30.3 Å². The van der Waals surface area contributed by atoms with Crippen LogP contribution in [0.2, 0.25) is 5.02 Å². The van der Waals surface area contributed by atoms with Crippen molar-refractivity contribution in [3.8, 4) is 5.75 Å². The number of carbonyl (C=O) groups excluding carboxylic acids is 2. The molecule has 0 aliphatic carbocycles. The van der Waals surface area contributed by atoms with Crippen LogP contribution in [0.4, 0.5) is 11.4 Å². The molecule has 33 heavy (non-hydrogen) atoms. The number of carbonyl (C=O) groups is 2. The van der Waals surface area contributed by atoms with Gasteiger partial charge in [0.05, 0.1) is 21.7 Å². The number of benzene rings is 2. The maximum absolute atomic E-state index is 12.6. The number of nitrogens with zero attached hydrogens (tertiary/aromatic N) is 2. The second-order valence-electron chi connectivity index (χ2n) is 8.07. The van der Waals surface area contributed by atoms with Gasteiger partial charge in [0.25, 0.3) is 11.8 Å². The van der Waals surface area contributed by atoms with E-state index in [1.165, 1.54) is 11.3 Å². The van der Waals surface area contributed by atoms with Crippen molar-refractivity contribution in [1.29, 1.82) is 0 Å². The highest BCUT2D eigenvalue weighted by Crippen LogP contribution is 2.30. The van der Waals surface area contributed by atoms with E-state index in [2.05, 4.69) is 10.2 Å². The van der Waals surface area contributed by atoms with Crippen molar-refractivity contribution in [3.05, 3.63) is 75.4 Å². The third kappa shape index (κ3) is 5.67. The molecule has 8 heteroatoms. The average Bonchev–Trinajstić information content (AvgIpc) is 3.34. The van der Waals surface area contributed by atoms with Crippen LogP contribution in [0.25, 0.3) is 0 Å². The Morgan fingerprint density at radius 3 is 2.36 bits per heavy atom. The van der Waals surface area contributed by atoms with Gasteiger partial charge in [-0.05, 0) is 67.8 Å². The number of hydrogen-bond acceptors (Lipinski definition) is 5. The van der Waals surface area contributed by atoms with Gasteiger partial charge in [0.2, 0.25) is 0 Å². The number of hydrogen-bond donors (Lipinski definition) is 1. The molecule has 0 spiro atoms. The molecule has 1 N–H and O–H groups in total. The van der Waals surface area contributed by atoms with Gasteiger partial charge in [0, 0.05) is 37.4 Å². The number of anilines is 2. The molecule has 3 aromatic rings. The van der Waals surface area contributed by atoms with Crippen molar-refractivity contribution in [2.75, 3.05) is 36.4 Å². The summed E-state index contributed by atoms with van der Waals surface area (Å²) in [6, 6.07) is 16.3. The monoisotopic (exact) mass is 483 g/mol. The van der Waals surface area contributed by atoms with E-state index in [4.69, 9.17) is 16.3 Å². The van der Waals surface area contributed by atoms with Crippen LogP contribution in [0, 0.1) is 0 Å². The lowest BCUT2D eigenvalue weighted by Gasteiger charge is -2.36. The normalized spacial score (nSPS) is 13.8. The molecule has 0 unspecified atom stereocenters. The highest BCUT2D eigenvalue weighted by Gasteiger charge is 2.24. The molecular weight excluding hydrogens is 458 g/mol. The fraction of sp³-hybridized carbons (Fsp3) is 0.280. The molecule has 1 aliphatic heterocycles. The first kappa shape index (κ1) is 23.1. The summed E-state index contributed by atoms with van der Waals surface area (Å²) in [7, 11) is 0. The molecule has 1 fully saturated rings. The van der Waals surface area contributed by atoms with E-state index in [1.807, 2.05) is 48.4 Å². The maximum atomic E-state index is 12.6. The van der Waals surface area contributed by atoms with Crippen LogP contribution in [0.1, 0.15) is 33.9 Å².